The maximum Gasteiger partial charge on any atom is 0.119 e. The molecule has 4 heteroatoms. The summed E-state index contributed by atoms with van der Waals surface area (Å²) in [7, 11) is 0. The Hall–Kier alpha value is -2.00. The number of aromatic nitrogens is 2. The minimum atomic E-state index is 0.419. The Bertz CT molecular complexity index is 793. The average molecular weight is 343 g/mol. The molecule has 1 aromatic heterocycles. The Morgan fingerprint density at radius 3 is 2.54 bits per heavy atom. The van der Waals surface area contributed by atoms with Crippen LogP contribution in [0.2, 0.25) is 5.02 Å². The Labute approximate surface area is 148 Å². The zero-order valence-electron chi connectivity index (χ0n) is 14.2. The predicted molar refractivity (Wildman–Crippen MR) is 100 cm³/mol. The molecular formula is C20H23ClN2O. The molecule has 0 fully saturated rings. The summed E-state index contributed by atoms with van der Waals surface area (Å²) < 4.78 is 8.11. The lowest BCUT2D eigenvalue weighted by Crippen LogP contribution is -2.07. The molecule has 0 aliphatic heterocycles. The van der Waals surface area contributed by atoms with Crippen LogP contribution in [0.4, 0.5) is 0 Å². The van der Waals surface area contributed by atoms with E-state index in [-0.39, 0.29) is 0 Å². The molecule has 3 rings (SSSR count). The molecule has 126 valence electrons. The van der Waals surface area contributed by atoms with Gasteiger partial charge in [0.15, 0.2) is 0 Å². The van der Waals surface area contributed by atoms with Gasteiger partial charge >= 0.3 is 0 Å². The summed E-state index contributed by atoms with van der Waals surface area (Å²) in [5.41, 5.74) is 2.30. The van der Waals surface area contributed by atoms with Crippen molar-refractivity contribution >= 4 is 22.6 Å². The van der Waals surface area contributed by atoms with Crippen LogP contribution in [-0.4, -0.2) is 16.2 Å². The van der Waals surface area contributed by atoms with E-state index in [9.17, 15) is 0 Å². The predicted octanol–water partition coefficient (Wildman–Crippen LogP) is 5.67. The van der Waals surface area contributed by atoms with Gasteiger partial charge in [-0.2, -0.15) is 0 Å². The van der Waals surface area contributed by atoms with E-state index in [1.54, 1.807) is 0 Å². The number of unbranched alkanes of at least 4 members (excludes halogenated alkanes) is 1. The zero-order valence-corrected chi connectivity index (χ0v) is 15.0. The highest BCUT2D eigenvalue weighted by atomic mass is 35.5. The summed E-state index contributed by atoms with van der Waals surface area (Å²) in [5, 5.41) is 0.732. The molecule has 0 bridgehead atoms. The number of hydrogen-bond acceptors (Lipinski definition) is 2. The van der Waals surface area contributed by atoms with Gasteiger partial charge in [0.1, 0.15) is 11.6 Å². The van der Waals surface area contributed by atoms with Crippen LogP contribution in [0.1, 0.15) is 38.4 Å². The lowest BCUT2D eigenvalue weighted by molar-refractivity contribution is 0.303. The van der Waals surface area contributed by atoms with Gasteiger partial charge in [0.05, 0.1) is 17.6 Å². The van der Waals surface area contributed by atoms with Crippen LogP contribution in [0.25, 0.3) is 11.0 Å². The van der Waals surface area contributed by atoms with Crippen molar-refractivity contribution in [2.75, 3.05) is 6.61 Å². The zero-order chi connectivity index (χ0) is 16.9. The first-order valence-electron chi connectivity index (χ1n) is 8.48. The molecule has 0 radical (unpaired) electrons. The third-order valence-corrected chi connectivity index (χ3v) is 4.31. The standard InChI is InChI=1S/C20H23ClN2O/c1-15(2)20-22-18-7-3-4-8-19(18)23(20)13-5-6-14-24-17-11-9-16(21)10-12-17/h3-4,7-12,15H,5-6,13-14H2,1-2H3. The molecule has 1 heterocycles. The Balaban J connectivity index is 1.57. The highest BCUT2D eigenvalue weighted by Crippen LogP contribution is 2.22. The molecule has 2 aromatic carbocycles. The lowest BCUT2D eigenvalue weighted by atomic mass is 10.2. The fourth-order valence-electron chi connectivity index (χ4n) is 2.86. The van der Waals surface area contributed by atoms with E-state index in [4.69, 9.17) is 21.3 Å². The minimum absolute atomic E-state index is 0.419. The summed E-state index contributed by atoms with van der Waals surface area (Å²) in [6, 6.07) is 15.9. The fraction of sp³-hybridized carbons (Fsp3) is 0.350. The Morgan fingerprint density at radius 1 is 1.04 bits per heavy atom. The van der Waals surface area contributed by atoms with E-state index in [0.717, 1.165) is 41.5 Å². The van der Waals surface area contributed by atoms with Gasteiger partial charge in [0.2, 0.25) is 0 Å². The maximum atomic E-state index is 5.88. The monoisotopic (exact) mass is 342 g/mol. The van der Waals surface area contributed by atoms with E-state index in [1.165, 1.54) is 5.52 Å². The van der Waals surface area contributed by atoms with Gasteiger partial charge in [-0.3, -0.25) is 0 Å². The van der Waals surface area contributed by atoms with Crippen LogP contribution in [0.5, 0.6) is 5.75 Å². The minimum Gasteiger partial charge on any atom is -0.494 e. The molecule has 3 aromatic rings. The van der Waals surface area contributed by atoms with Crippen LogP contribution in [0.3, 0.4) is 0 Å². The Morgan fingerprint density at radius 2 is 1.79 bits per heavy atom. The van der Waals surface area contributed by atoms with Crippen molar-refractivity contribution in [1.82, 2.24) is 9.55 Å². The quantitative estimate of drug-likeness (QED) is 0.517. The molecule has 0 aliphatic carbocycles. The van der Waals surface area contributed by atoms with Crippen LogP contribution < -0.4 is 4.74 Å². The van der Waals surface area contributed by atoms with Gasteiger partial charge in [-0.15, -0.1) is 0 Å². The number of fused-ring (bicyclic) bond motifs is 1. The van der Waals surface area contributed by atoms with Crippen molar-refractivity contribution in [2.24, 2.45) is 0 Å². The molecule has 0 atom stereocenters. The number of hydrogen-bond donors (Lipinski definition) is 0. The molecule has 0 unspecified atom stereocenters. The number of benzene rings is 2. The molecule has 0 saturated carbocycles. The largest absolute Gasteiger partial charge is 0.494 e. The second-order valence-corrected chi connectivity index (χ2v) is 6.71. The third kappa shape index (κ3) is 3.90. The van der Waals surface area contributed by atoms with Gasteiger partial charge in [0.25, 0.3) is 0 Å². The van der Waals surface area contributed by atoms with Crippen LogP contribution in [0, 0.1) is 0 Å². The van der Waals surface area contributed by atoms with Crippen molar-refractivity contribution in [3.8, 4) is 5.75 Å². The molecule has 0 amide bonds. The number of nitrogens with zero attached hydrogens (tertiary/aromatic N) is 2. The van der Waals surface area contributed by atoms with Gasteiger partial charge in [-0.05, 0) is 49.2 Å². The van der Waals surface area contributed by atoms with Crippen LogP contribution in [-0.2, 0) is 6.54 Å². The summed E-state index contributed by atoms with van der Waals surface area (Å²) in [6.07, 6.45) is 2.07. The summed E-state index contributed by atoms with van der Waals surface area (Å²) in [4.78, 5) is 4.79. The summed E-state index contributed by atoms with van der Waals surface area (Å²) >= 11 is 5.88. The van der Waals surface area contributed by atoms with Gasteiger partial charge < -0.3 is 9.30 Å². The first-order valence-corrected chi connectivity index (χ1v) is 8.86. The lowest BCUT2D eigenvalue weighted by Gasteiger charge is -2.12. The van der Waals surface area contributed by atoms with Gasteiger partial charge in [-0.1, -0.05) is 37.6 Å². The number of ether oxygens (including phenoxy) is 1. The summed E-state index contributed by atoms with van der Waals surface area (Å²) in [5.74, 6) is 2.45. The van der Waals surface area contributed by atoms with Crippen molar-refractivity contribution in [3.63, 3.8) is 0 Å². The molecule has 3 nitrogen and oxygen atoms in total. The molecule has 24 heavy (non-hydrogen) atoms. The molecule has 0 aliphatic rings. The number of imidazole rings is 1. The van der Waals surface area contributed by atoms with Gasteiger partial charge in [0, 0.05) is 17.5 Å². The van der Waals surface area contributed by atoms with E-state index < -0.39 is 0 Å². The molecule has 0 spiro atoms. The number of halogens is 1. The number of para-hydroxylation sites is 2. The first-order chi connectivity index (χ1) is 11.6. The third-order valence-electron chi connectivity index (χ3n) is 4.06. The SMILES string of the molecule is CC(C)c1nc2ccccc2n1CCCCOc1ccc(Cl)cc1. The van der Waals surface area contributed by atoms with Crippen molar-refractivity contribution < 1.29 is 4.74 Å². The average Bonchev–Trinajstić information content (AvgIpc) is 2.95. The maximum absolute atomic E-state index is 5.88. The van der Waals surface area contributed by atoms with Crippen molar-refractivity contribution in [2.45, 2.75) is 39.2 Å². The summed E-state index contributed by atoms with van der Waals surface area (Å²) in [6.45, 7) is 6.08. The smallest absolute Gasteiger partial charge is 0.119 e. The molecule has 0 N–H and O–H groups in total. The van der Waals surface area contributed by atoms with Crippen LogP contribution >= 0.6 is 11.6 Å². The highest BCUT2D eigenvalue weighted by molar-refractivity contribution is 6.30. The topological polar surface area (TPSA) is 27.1 Å². The first kappa shape index (κ1) is 16.8. The van der Waals surface area contributed by atoms with E-state index in [1.807, 2.05) is 30.3 Å². The Kier molecular flexibility index (Phi) is 5.41. The number of aryl methyl sites for hydroxylation is 1. The van der Waals surface area contributed by atoms with E-state index >= 15 is 0 Å². The second kappa shape index (κ2) is 7.71. The fourth-order valence-corrected chi connectivity index (χ4v) is 2.99. The second-order valence-electron chi connectivity index (χ2n) is 6.27. The van der Waals surface area contributed by atoms with E-state index in [0.29, 0.717) is 12.5 Å². The van der Waals surface area contributed by atoms with E-state index in [2.05, 4.69) is 36.6 Å². The number of rotatable bonds is 7. The van der Waals surface area contributed by atoms with Crippen molar-refractivity contribution in [1.29, 1.82) is 0 Å². The van der Waals surface area contributed by atoms with Gasteiger partial charge in [-0.25, -0.2) is 4.98 Å². The highest BCUT2D eigenvalue weighted by Gasteiger charge is 2.12. The van der Waals surface area contributed by atoms with Crippen molar-refractivity contribution in [3.05, 3.63) is 59.4 Å². The molecular weight excluding hydrogens is 320 g/mol. The normalized spacial score (nSPS) is 11.3. The molecule has 0 saturated heterocycles. The van der Waals surface area contributed by atoms with Crippen LogP contribution in [0.15, 0.2) is 48.5 Å².